The highest BCUT2D eigenvalue weighted by Crippen LogP contribution is 2.46. The summed E-state index contributed by atoms with van der Waals surface area (Å²) in [5.74, 6) is 0.331. The van der Waals surface area contributed by atoms with E-state index in [2.05, 4.69) is 16.6 Å². The zero-order chi connectivity index (χ0) is 13.7. The molecule has 2 atom stereocenters. The van der Waals surface area contributed by atoms with Crippen LogP contribution in [-0.4, -0.2) is 23.7 Å². The lowest BCUT2D eigenvalue weighted by Gasteiger charge is -2.45. The molecule has 0 aromatic heterocycles. The molecule has 4 heteroatoms. The first-order valence-electron chi connectivity index (χ1n) is 7.05. The summed E-state index contributed by atoms with van der Waals surface area (Å²) in [5, 5.41) is 0. The summed E-state index contributed by atoms with van der Waals surface area (Å²) in [6.45, 7) is 3.99. The lowest BCUT2D eigenvalue weighted by Crippen LogP contribution is -2.49. The lowest BCUT2D eigenvalue weighted by molar-refractivity contribution is 0.150. The highest BCUT2D eigenvalue weighted by molar-refractivity contribution is 5.39. The average molecular weight is 260 g/mol. The van der Waals surface area contributed by atoms with Gasteiger partial charge < -0.3 is 0 Å². The Balaban J connectivity index is 2.36. The maximum absolute atomic E-state index is 10.9. The van der Waals surface area contributed by atoms with Crippen LogP contribution in [0.4, 0.5) is 0 Å². The van der Waals surface area contributed by atoms with Crippen molar-refractivity contribution in [1.82, 2.24) is 0 Å². The predicted molar refractivity (Wildman–Crippen MR) is 72.3 cm³/mol. The molecule has 2 saturated carbocycles. The Kier molecular flexibility index (Phi) is 4.47. The summed E-state index contributed by atoms with van der Waals surface area (Å²) in [6.07, 6.45) is 11.3. The highest BCUT2D eigenvalue weighted by Gasteiger charge is 2.48. The van der Waals surface area contributed by atoms with E-state index >= 15 is 0 Å². The van der Waals surface area contributed by atoms with Crippen LogP contribution in [0, 0.1) is 5.92 Å². The summed E-state index contributed by atoms with van der Waals surface area (Å²) >= 11 is 0. The minimum absolute atomic E-state index is 0.282. The topological polar surface area (TPSA) is 58.9 Å². The van der Waals surface area contributed by atoms with Crippen molar-refractivity contribution >= 4 is 12.2 Å². The molecular formula is C15H20N2O2. The SMILES string of the molecule is C=C1CCC(N=C=O)(C2CCCCC2)C(N=C=O)C1. The van der Waals surface area contributed by atoms with Gasteiger partial charge in [-0.05, 0) is 38.0 Å². The Morgan fingerprint density at radius 3 is 2.53 bits per heavy atom. The van der Waals surface area contributed by atoms with E-state index in [0.717, 1.165) is 31.3 Å². The van der Waals surface area contributed by atoms with Gasteiger partial charge in [-0.25, -0.2) is 9.59 Å². The van der Waals surface area contributed by atoms with Gasteiger partial charge >= 0.3 is 0 Å². The molecule has 0 aliphatic heterocycles. The standard InChI is InChI=1S/C15H20N2O2/c1-12-7-8-15(17-11-19,14(9-12)16-10-18)13-5-3-2-4-6-13/h13-14H,1-9H2. The van der Waals surface area contributed by atoms with Crippen molar-refractivity contribution in [2.75, 3.05) is 0 Å². The monoisotopic (exact) mass is 260 g/mol. The van der Waals surface area contributed by atoms with Crippen LogP contribution >= 0.6 is 0 Å². The summed E-state index contributed by atoms with van der Waals surface area (Å²) in [7, 11) is 0. The van der Waals surface area contributed by atoms with Crippen LogP contribution in [0.1, 0.15) is 51.4 Å². The van der Waals surface area contributed by atoms with Crippen molar-refractivity contribution in [2.24, 2.45) is 15.9 Å². The molecule has 0 N–H and O–H groups in total. The van der Waals surface area contributed by atoms with E-state index in [1.165, 1.54) is 19.3 Å². The van der Waals surface area contributed by atoms with E-state index in [4.69, 9.17) is 0 Å². The minimum Gasteiger partial charge on any atom is -0.211 e. The van der Waals surface area contributed by atoms with Gasteiger partial charge in [-0.2, -0.15) is 9.98 Å². The maximum atomic E-state index is 10.9. The summed E-state index contributed by atoms with van der Waals surface area (Å²) < 4.78 is 0. The first-order chi connectivity index (χ1) is 9.23. The fourth-order valence-corrected chi connectivity index (χ4v) is 3.70. The fraction of sp³-hybridized carbons (Fsp3) is 0.733. The van der Waals surface area contributed by atoms with E-state index in [1.54, 1.807) is 12.2 Å². The van der Waals surface area contributed by atoms with E-state index in [9.17, 15) is 9.59 Å². The van der Waals surface area contributed by atoms with Crippen LogP contribution in [0.2, 0.25) is 0 Å². The number of rotatable bonds is 3. The van der Waals surface area contributed by atoms with Gasteiger partial charge in [0, 0.05) is 0 Å². The molecule has 102 valence electrons. The Bertz CT molecular complexity index is 441. The van der Waals surface area contributed by atoms with Gasteiger partial charge in [-0.1, -0.05) is 31.4 Å². The molecule has 0 heterocycles. The third-order valence-electron chi connectivity index (χ3n) is 4.71. The second-order valence-corrected chi connectivity index (χ2v) is 5.72. The molecule has 4 nitrogen and oxygen atoms in total. The van der Waals surface area contributed by atoms with E-state index in [1.807, 2.05) is 0 Å². The molecule has 0 spiro atoms. The van der Waals surface area contributed by atoms with Crippen molar-refractivity contribution < 1.29 is 9.59 Å². The molecule has 0 bridgehead atoms. The third-order valence-corrected chi connectivity index (χ3v) is 4.71. The van der Waals surface area contributed by atoms with Crippen LogP contribution in [0.25, 0.3) is 0 Å². The van der Waals surface area contributed by atoms with Gasteiger partial charge in [0.15, 0.2) is 0 Å². The molecule has 2 aliphatic carbocycles. The lowest BCUT2D eigenvalue weighted by atomic mass is 9.64. The molecular weight excluding hydrogens is 240 g/mol. The molecule has 0 saturated heterocycles. The van der Waals surface area contributed by atoms with Crippen molar-refractivity contribution in [3.8, 4) is 0 Å². The summed E-state index contributed by atoms with van der Waals surface area (Å²) in [4.78, 5) is 29.7. The largest absolute Gasteiger partial charge is 0.235 e. The molecule has 2 rings (SSSR count). The Hall–Kier alpha value is -1.50. The number of aliphatic imine (C=N–C) groups is 2. The second-order valence-electron chi connectivity index (χ2n) is 5.72. The first-order valence-corrected chi connectivity index (χ1v) is 7.05. The van der Waals surface area contributed by atoms with Crippen molar-refractivity contribution in [3.05, 3.63) is 12.2 Å². The zero-order valence-corrected chi connectivity index (χ0v) is 11.2. The van der Waals surface area contributed by atoms with Crippen LogP contribution in [0.3, 0.4) is 0 Å². The Morgan fingerprint density at radius 1 is 1.16 bits per heavy atom. The average Bonchev–Trinajstić information content (AvgIpc) is 2.43. The van der Waals surface area contributed by atoms with Gasteiger partial charge in [0.1, 0.15) is 0 Å². The van der Waals surface area contributed by atoms with Crippen molar-refractivity contribution in [3.63, 3.8) is 0 Å². The van der Waals surface area contributed by atoms with Crippen LogP contribution < -0.4 is 0 Å². The summed E-state index contributed by atoms with van der Waals surface area (Å²) in [6, 6.07) is -0.282. The van der Waals surface area contributed by atoms with Crippen LogP contribution in [0.5, 0.6) is 0 Å². The van der Waals surface area contributed by atoms with Gasteiger partial charge in [0.25, 0.3) is 0 Å². The number of nitrogens with zero attached hydrogens (tertiary/aromatic N) is 2. The van der Waals surface area contributed by atoms with Crippen molar-refractivity contribution in [1.29, 1.82) is 0 Å². The number of carbonyl (C=O) groups excluding carboxylic acids is 2. The fourth-order valence-electron chi connectivity index (χ4n) is 3.70. The van der Waals surface area contributed by atoms with Gasteiger partial charge in [-0.15, -0.1) is 0 Å². The van der Waals surface area contributed by atoms with E-state index < -0.39 is 5.54 Å². The second kappa shape index (κ2) is 6.10. The molecule has 2 aliphatic rings. The van der Waals surface area contributed by atoms with Gasteiger partial charge in [0.2, 0.25) is 12.2 Å². The van der Waals surface area contributed by atoms with Crippen LogP contribution in [-0.2, 0) is 9.59 Å². The molecule has 0 aromatic rings. The molecule has 0 amide bonds. The van der Waals surface area contributed by atoms with Gasteiger partial charge in [-0.3, -0.25) is 0 Å². The predicted octanol–water partition coefficient (Wildman–Crippen LogP) is 3.09. The summed E-state index contributed by atoms with van der Waals surface area (Å²) in [5.41, 5.74) is 0.539. The van der Waals surface area contributed by atoms with E-state index in [-0.39, 0.29) is 6.04 Å². The van der Waals surface area contributed by atoms with E-state index in [0.29, 0.717) is 12.3 Å². The molecule has 19 heavy (non-hydrogen) atoms. The zero-order valence-electron chi connectivity index (χ0n) is 11.2. The highest BCUT2D eigenvalue weighted by atomic mass is 16.1. The Labute approximate surface area is 113 Å². The number of hydrogen-bond acceptors (Lipinski definition) is 4. The minimum atomic E-state index is -0.541. The van der Waals surface area contributed by atoms with Crippen molar-refractivity contribution in [2.45, 2.75) is 62.9 Å². The maximum Gasteiger partial charge on any atom is 0.235 e. The number of hydrogen-bond donors (Lipinski definition) is 0. The molecule has 0 aromatic carbocycles. The quantitative estimate of drug-likeness (QED) is 0.445. The Morgan fingerprint density at radius 2 is 1.89 bits per heavy atom. The smallest absolute Gasteiger partial charge is 0.211 e. The number of isocyanates is 2. The molecule has 0 radical (unpaired) electrons. The third kappa shape index (κ3) is 2.75. The normalized spacial score (nSPS) is 32.2. The molecule has 2 unspecified atom stereocenters. The van der Waals surface area contributed by atoms with Gasteiger partial charge in [0.05, 0.1) is 11.6 Å². The first kappa shape index (κ1) is 13.9. The molecule has 2 fully saturated rings. The van der Waals surface area contributed by atoms with Crippen LogP contribution in [0.15, 0.2) is 22.1 Å².